The minimum Gasteiger partial charge on any atom is -0.301 e. The fourth-order valence-corrected chi connectivity index (χ4v) is 3.96. The molecule has 0 unspecified atom stereocenters. The van der Waals surface area contributed by atoms with Gasteiger partial charge in [0.15, 0.2) is 9.47 Å². The van der Waals surface area contributed by atoms with Crippen LogP contribution in [-0.4, -0.2) is 21.6 Å². The molecule has 1 amide bonds. The van der Waals surface area contributed by atoms with Crippen LogP contribution in [0.5, 0.6) is 0 Å². The van der Waals surface area contributed by atoms with Gasteiger partial charge in [-0.25, -0.2) is 9.97 Å². The molecule has 4 nitrogen and oxygen atoms in total. The molecule has 2 aromatic rings. The number of hydrogen-bond donors (Lipinski definition) is 1. The predicted octanol–water partition coefficient (Wildman–Crippen LogP) is 3.94. The van der Waals surface area contributed by atoms with E-state index in [1.807, 2.05) is 17.7 Å². The van der Waals surface area contributed by atoms with E-state index in [4.69, 9.17) is 0 Å². The number of thiazole rings is 2. The first kappa shape index (κ1) is 15.5. The van der Waals surface area contributed by atoms with E-state index in [1.165, 1.54) is 23.1 Å². The number of aryl methyl sites for hydroxylation is 1. The number of carbonyl (C=O) groups excluding carboxylic acids is 1. The van der Waals surface area contributed by atoms with Gasteiger partial charge in [0, 0.05) is 21.9 Å². The molecule has 0 atom stereocenters. The zero-order valence-electron chi connectivity index (χ0n) is 11.9. The fraction of sp³-hybridized carbons (Fsp3) is 0.462. The van der Waals surface area contributed by atoms with Gasteiger partial charge in [-0.15, -0.1) is 22.7 Å². The Morgan fingerprint density at radius 1 is 1.30 bits per heavy atom. The molecule has 108 valence electrons. The maximum absolute atomic E-state index is 11.9. The molecule has 0 saturated carbocycles. The van der Waals surface area contributed by atoms with Crippen LogP contribution in [0, 0.1) is 6.92 Å². The van der Waals surface area contributed by atoms with Crippen molar-refractivity contribution < 1.29 is 4.79 Å². The van der Waals surface area contributed by atoms with Gasteiger partial charge in [0.1, 0.15) is 0 Å². The van der Waals surface area contributed by atoms with Gasteiger partial charge in [-0.2, -0.15) is 0 Å². The number of rotatable bonds is 4. The summed E-state index contributed by atoms with van der Waals surface area (Å²) in [5, 5.41) is 7.47. The van der Waals surface area contributed by atoms with Crippen molar-refractivity contribution in [2.75, 3.05) is 11.1 Å². The molecule has 1 N–H and O–H groups in total. The summed E-state index contributed by atoms with van der Waals surface area (Å²) < 4.78 is 0.923. The van der Waals surface area contributed by atoms with Gasteiger partial charge < -0.3 is 5.32 Å². The van der Waals surface area contributed by atoms with Crippen molar-refractivity contribution in [3.63, 3.8) is 0 Å². The van der Waals surface area contributed by atoms with Crippen LogP contribution in [0.4, 0.5) is 5.13 Å². The normalized spacial score (nSPS) is 11.6. The second-order valence-electron chi connectivity index (χ2n) is 5.38. The van der Waals surface area contributed by atoms with Crippen LogP contribution in [0.15, 0.2) is 15.1 Å². The van der Waals surface area contributed by atoms with Crippen LogP contribution < -0.4 is 5.32 Å². The third-order valence-electron chi connectivity index (χ3n) is 2.44. The van der Waals surface area contributed by atoms with Crippen LogP contribution >= 0.6 is 34.4 Å². The van der Waals surface area contributed by atoms with Crippen molar-refractivity contribution in [3.05, 3.63) is 22.1 Å². The number of carbonyl (C=O) groups is 1. The quantitative estimate of drug-likeness (QED) is 0.864. The molecular weight excluding hydrogens is 310 g/mol. The molecule has 0 aliphatic rings. The summed E-state index contributed by atoms with van der Waals surface area (Å²) in [5.41, 5.74) is 2.00. The highest BCUT2D eigenvalue weighted by Crippen LogP contribution is 2.27. The fourth-order valence-electron chi connectivity index (χ4n) is 1.36. The zero-order chi connectivity index (χ0) is 14.8. The molecule has 0 radical (unpaired) electrons. The monoisotopic (exact) mass is 327 g/mol. The van der Waals surface area contributed by atoms with E-state index >= 15 is 0 Å². The van der Waals surface area contributed by atoms with Crippen LogP contribution in [0.2, 0.25) is 0 Å². The lowest BCUT2D eigenvalue weighted by Gasteiger charge is -2.14. The van der Waals surface area contributed by atoms with Gasteiger partial charge in [-0.05, 0) is 6.92 Å². The minimum absolute atomic E-state index is 0.00659. The first-order valence-corrected chi connectivity index (χ1v) is 8.90. The Bertz CT molecular complexity index is 598. The molecule has 7 heteroatoms. The van der Waals surface area contributed by atoms with E-state index in [2.05, 4.69) is 36.1 Å². The minimum atomic E-state index is -0.0438. The van der Waals surface area contributed by atoms with Crippen molar-refractivity contribution >= 4 is 45.5 Å². The van der Waals surface area contributed by atoms with E-state index < -0.39 is 0 Å². The van der Waals surface area contributed by atoms with Crippen LogP contribution in [0.3, 0.4) is 0 Å². The van der Waals surface area contributed by atoms with Crippen molar-refractivity contribution in [2.45, 2.75) is 37.4 Å². The Morgan fingerprint density at radius 2 is 2.05 bits per heavy atom. The van der Waals surface area contributed by atoms with Gasteiger partial charge in [0.2, 0.25) is 5.91 Å². The number of hydrogen-bond acceptors (Lipinski definition) is 6. The van der Waals surface area contributed by atoms with Gasteiger partial charge >= 0.3 is 0 Å². The Morgan fingerprint density at radius 3 is 2.60 bits per heavy atom. The van der Waals surface area contributed by atoms with E-state index in [9.17, 15) is 4.79 Å². The smallest absolute Gasteiger partial charge is 0.236 e. The van der Waals surface area contributed by atoms with Gasteiger partial charge in [0.25, 0.3) is 0 Å². The van der Waals surface area contributed by atoms with Gasteiger partial charge in [0.05, 0.1) is 11.4 Å². The molecule has 0 fully saturated rings. The molecule has 0 aromatic carbocycles. The molecule has 0 spiro atoms. The summed E-state index contributed by atoms with van der Waals surface area (Å²) in [7, 11) is 0. The van der Waals surface area contributed by atoms with E-state index in [-0.39, 0.29) is 11.3 Å². The van der Waals surface area contributed by atoms with E-state index in [0.29, 0.717) is 10.9 Å². The van der Waals surface area contributed by atoms with Crippen LogP contribution in [0.1, 0.15) is 32.2 Å². The lowest BCUT2D eigenvalue weighted by Crippen LogP contribution is -2.15. The standard InChI is InChI=1S/C13H17N3OS3/c1-8-5-19-12(14-8)20-7-10(17)16-11-15-9(6-18-11)13(2,3)4/h5-6H,7H2,1-4H3,(H,15,16,17). The average Bonchev–Trinajstić information content (AvgIpc) is 2.95. The Labute approximate surface area is 131 Å². The maximum Gasteiger partial charge on any atom is 0.236 e. The molecular formula is C13H17N3OS3. The SMILES string of the molecule is Cc1csc(SCC(=O)Nc2nc(C(C)(C)C)cs2)n1. The zero-order valence-corrected chi connectivity index (χ0v) is 14.3. The molecule has 2 aromatic heterocycles. The average molecular weight is 328 g/mol. The Hall–Kier alpha value is -0.920. The Balaban J connectivity index is 1.87. The third kappa shape index (κ3) is 4.29. The second kappa shape index (κ2) is 6.24. The lowest BCUT2D eigenvalue weighted by molar-refractivity contribution is -0.113. The maximum atomic E-state index is 11.9. The highest BCUT2D eigenvalue weighted by molar-refractivity contribution is 8.01. The lowest BCUT2D eigenvalue weighted by atomic mass is 9.93. The molecule has 0 aliphatic carbocycles. The highest BCUT2D eigenvalue weighted by Gasteiger charge is 2.18. The van der Waals surface area contributed by atoms with Gasteiger partial charge in [-0.3, -0.25) is 4.79 Å². The number of nitrogens with zero attached hydrogens (tertiary/aromatic N) is 2. The third-order valence-corrected chi connectivity index (χ3v) is 5.34. The molecule has 20 heavy (non-hydrogen) atoms. The van der Waals surface area contributed by atoms with Crippen molar-refractivity contribution in [2.24, 2.45) is 0 Å². The topological polar surface area (TPSA) is 54.9 Å². The molecule has 2 rings (SSSR count). The van der Waals surface area contributed by atoms with Crippen molar-refractivity contribution in [3.8, 4) is 0 Å². The highest BCUT2D eigenvalue weighted by atomic mass is 32.2. The van der Waals surface area contributed by atoms with Crippen molar-refractivity contribution in [1.29, 1.82) is 0 Å². The molecule has 0 aliphatic heterocycles. The summed E-state index contributed by atoms with van der Waals surface area (Å²) in [5.74, 6) is 0.315. The molecule has 0 bridgehead atoms. The predicted molar refractivity (Wildman–Crippen MR) is 87.0 cm³/mol. The second-order valence-corrected chi connectivity index (χ2v) is 8.32. The largest absolute Gasteiger partial charge is 0.301 e. The van der Waals surface area contributed by atoms with Gasteiger partial charge in [-0.1, -0.05) is 32.5 Å². The summed E-state index contributed by atoms with van der Waals surface area (Å²) in [4.78, 5) is 20.6. The van der Waals surface area contributed by atoms with Crippen molar-refractivity contribution in [1.82, 2.24) is 9.97 Å². The summed E-state index contributed by atoms with van der Waals surface area (Å²) >= 11 is 4.48. The van der Waals surface area contributed by atoms with E-state index in [1.54, 1.807) is 11.3 Å². The number of nitrogens with one attached hydrogen (secondary N) is 1. The first-order valence-electron chi connectivity index (χ1n) is 6.15. The number of amides is 1. The number of aromatic nitrogens is 2. The summed E-state index contributed by atoms with van der Waals surface area (Å²) in [6.45, 7) is 8.27. The van der Waals surface area contributed by atoms with Crippen LogP contribution in [-0.2, 0) is 10.2 Å². The number of thioether (sulfide) groups is 1. The molecule has 0 saturated heterocycles. The Kier molecular flexibility index (Phi) is 4.82. The summed E-state index contributed by atoms with van der Waals surface area (Å²) in [6, 6.07) is 0. The van der Waals surface area contributed by atoms with E-state index in [0.717, 1.165) is 15.7 Å². The molecule has 2 heterocycles. The number of anilines is 1. The summed E-state index contributed by atoms with van der Waals surface area (Å²) in [6.07, 6.45) is 0. The first-order chi connectivity index (χ1) is 9.34. The van der Waals surface area contributed by atoms with Crippen LogP contribution in [0.25, 0.3) is 0 Å².